The van der Waals surface area contributed by atoms with E-state index >= 15 is 0 Å². The molecule has 9 heteroatoms. The number of rotatable bonds is 5. The molecule has 1 fully saturated rings. The fourth-order valence-corrected chi connectivity index (χ4v) is 3.42. The third-order valence-corrected chi connectivity index (χ3v) is 5.09. The lowest BCUT2D eigenvalue weighted by Gasteiger charge is -2.22. The number of benzene rings is 1. The first-order valence-electron chi connectivity index (χ1n) is 12.8. The Kier molecular flexibility index (Phi) is 3.85. The third-order valence-electron chi connectivity index (χ3n) is 4.41. The topological polar surface area (TPSA) is 78.0 Å². The number of halogens is 3. The Bertz CT molecular complexity index is 1360. The lowest BCUT2D eigenvalue weighted by molar-refractivity contribution is 0.227. The zero-order chi connectivity index (χ0) is 28.3. The summed E-state index contributed by atoms with van der Waals surface area (Å²) in [7, 11) is 0. The summed E-state index contributed by atoms with van der Waals surface area (Å²) in [5.74, 6) is -1.62. The lowest BCUT2D eigenvalue weighted by atomic mass is 10.1. The number of hydrogen-bond acceptors (Lipinski definition) is 5. The Morgan fingerprint density at radius 1 is 1.37 bits per heavy atom. The molecular weight excluding hydrogens is 428 g/mol. The van der Waals surface area contributed by atoms with Gasteiger partial charge in [0.2, 0.25) is 0 Å². The molecule has 0 radical (unpaired) electrons. The molecule has 0 aliphatic carbocycles. The number of hydrogen-bond donors (Lipinski definition) is 2. The van der Waals surface area contributed by atoms with Crippen LogP contribution in [0.1, 0.15) is 48.2 Å². The molecule has 1 atom stereocenters. The first kappa shape index (κ1) is 13.1. The molecule has 0 amide bonds. The van der Waals surface area contributed by atoms with Crippen molar-refractivity contribution in [2.45, 2.75) is 31.7 Å². The average Bonchev–Trinajstić information content (AvgIpc) is 3.25. The Morgan fingerprint density at radius 2 is 2.17 bits per heavy atom. The predicted molar refractivity (Wildman–Crippen MR) is 116 cm³/mol. The van der Waals surface area contributed by atoms with E-state index in [0.717, 1.165) is 12.1 Å². The minimum atomic E-state index is -3.21. The van der Waals surface area contributed by atoms with Crippen LogP contribution in [-0.4, -0.2) is 27.9 Å². The van der Waals surface area contributed by atoms with Gasteiger partial charge >= 0.3 is 0 Å². The van der Waals surface area contributed by atoms with Gasteiger partial charge in [0.05, 0.1) is 18.6 Å². The molecule has 0 spiro atoms. The van der Waals surface area contributed by atoms with E-state index in [1.165, 1.54) is 29.3 Å². The number of aromatic nitrogens is 3. The molecule has 0 saturated carbocycles. The largest absolute Gasteiger partial charge is 0.482 e. The van der Waals surface area contributed by atoms with Crippen molar-refractivity contribution in [3.8, 4) is 16.9 Å². The van der Waals surface area contributed by atoms with E-state index in [1.807, 2.05) is 0 Å². The number of nitrogens with two attached hydrogens (primary N) is 1. The average molecular weight is 458 g/mol. The van der Waals surface area contributed by atoms with E-state index in [2.05, 4.69) is 15.4 Å². The van der Waals surface area contributed by atoms with Crippen LogP contribution < -0.4 is 15.8 Å². The molecule has 1 aliphatic rings. The molecule has 0 unspecified atom stereocenters. The summed E-state index contributed by atoms with van der Waals surface area (Å²) in [5, 5.41) is 5.89. The predicted octanol–water partition coefficient (Wildman–Crippen LogP) is 5.04. The number of pyridine rings is 1. The van der Waals surface area contributed by atoms with Crippen LogP contribution in [0.5, 0.6) is 5.75 Å². The van der Waals surface area contributed by atoms with Crippen LogP contribution in [0.15, 0.2) is 36.8 Å². The SMILES string of the molecule is [2H]C1([2H])CNCC([2H])([2H])C1n1cc(-c2cnc(N)c(O[C@@]([2H])(c3c(Cl)ccc(F)c3Cl)C([2H])([2H])[2H])c2)cn1. The van der Waals surface area contributed by atoms with Gasteiger partial charge in [-0.3, -0.25) is 4.68 Å². The molecule has 3 heterocycles. The van der Waals surface area contributed by atoms with Gasteiger partial charge in [0.1, 0.15) is 11.9 Å². The molecule has 158 valence electrons. The van der Waals surface area contributed by atoms with Gasteiger partial charge in [0.15, 0.2) is 11.6 Å². The Hall–Kier alpha value is -2.35. The maximum absolute atomic E-state index is 14.2. The van der Waals surface area contributed by atoms with Gasteiger partial charge in [-0.25, -0.2) is 9.37 Å². The summed E-state index contributed by atoms with van der Waals surface area (Å²) < 4.78 is 86.6. The monoisotopic (exact) mass is 457 g/mol. The van der Waals surface area contributed by atoms with Gasteiger partial charge in [-0.2, -0.15) is 5.10 Å². The number of piperidine rings is 1. The molecule has 1 saturated heterocycles. The highest BCUT2D eigenvalue weighted by Crippen LogP contribution is 2.37. The van der Waals surface area contributed by atoms with E-state index in [0.29, 0.717) is 11.1 Å². The molecule has 3 N–H and O–H groups in total. The Labute approximate surface area is 195 Å². The minimum Gasteiger partial charge on any atom is -0.482 e. The van der Waals surface area contributed by atoms with E-state index in [4.69, 9.17) is 44.6 Å². The first-order chi connectivity index (χ1) is 17.5. The molecule has 6 nitrogen and oxygen atoms in total. The quantitative estimate of drug-likeness (QED) is 0.524. The fourth-order valence-electron chi connectivity index (χ4n) is 2.88. The Morgan fingerprint density at radius 3 is 2.93 bits per heavy atom. The maximum Gasteiger partial charge on any atom is 0.166 e. The molecule has 30 heavy (non-hydrogen) atoms. The molecule has 4 rings (SSSR count). The number of anilines is 1. The van der Waals surface area contributed by atoms with Crippen LogP contribution in [-0.2, 0) is 0 Å². The van der Waals surface area contributed by atoms with Gasteiger partial charge in [-0.15, -0.1) is 0 Å². The maximum atomic E-state index is 14.2. The van der Waals surface area contributed by atoms with E-state index < -0.39 is 48.1 Å². The molecular formula is C21H22Cl2FN5O. The van der Waals surface area contributed by atoms with Crippen molar-refractivity contribution in [2.75, 3.05) is 18.8 Å². The van der Waals surface area contributed by atoms with Crippen molar-refractivity contribution in [2.24, 2.45) is 0 Å². The third kappa shape index (κ3) is 4.24. The van der Waals surface area contributed by atoms with Crippen LogP contribution in [0.25, 0.3) is 11.1 Å². The van der Waals surface area contributed by atoms with E-state index in [9.17, 15) is 4.39 Å². The van der Waals surface area contributed by atoms with Gasteiger partial charge < -0.3 is 15.8 Å². The second-order valence-electron chi connectivity index (χ2n) is 6.38. The zero-order valence-electron chi connectivity index (χ0n) is 23.4. The molecule has 1 aromatic carbocycles. The second-order valence-corrected chi connectivity index (χ2v) is 7.17. The lowest BCUT2D eigenvalue weighted by Crippen LogP contribution is -2.29. The molecule has 3 aromatic rings. The standard InChI is InChI=1S/C21H22Cl2FN5O/c1-12(19-16(22)2-3-17(24)20(19)23)30-18-8-13(9-27-21(18)25)14-10-28-29(11-14)15-4-6-26-7-5-15/h2-3,8-12,15,26H,4-7H2,1H3,(H2,25,27)/t12-/m1/s1/i1D3,4D2,5D2,12D. The van der Waals surface area contributed by atoms with Crippen LogP contribution in [0.4, 0.5) is 10.2 Å². The van der Waals surface area contributed by atoms with Crippen molar-refractivity contribution in [1.29, 1.82) is 0 Å². The summed E-state index contributed by atoms with van der Waals surface area (Å²) in [6, 6.07) is 2.03. The summed E-state index contributed by atoms with van der Waals surface area (Å²) >= 11 is 12.1. The van der Waals surface area contributed by atoms with Crippen LogP contribution in [0.3, 0.4) is 0 Å². The number of nitrogens with one attached hydrogen (secondary N) is 1. The minimum absolute atomic E-state index is 0.0698. The summed E-state index contributed by atoms with van der Waals surface area (Å²) in [6.45, 7) is -3.35. The van der Waals surface area contributed by atoms with Crippen LogP contribution >= 0.6 is 23.2 Å². The fraction of sp³-hybridized carbons (Fsp3) is 0.333. The first-order valence-corrected chi connectivity index (χ1v) is 9.57. The van der Waals surface area contributed by atoms with E-state index in [1.54, 1.807) is 0 Å². The number of nitrogens with zero attached hydrogens (tertiary/aromatic N) is 3. The molecule has 2 aromatic heterocycles. The number of ether oxygens (including phenoxy) is 1. The molecule has 1 aliphatic heterocycles. The van der Waals surface area contributed by atoms with Crippen molar-refractivity contribution >= 4 is 29.0 Å². The van der Waals surface area contributed by atoms with Gasteiger partial charge in [0, 0.05) is 43.7 Å². The van der Waals surface area contributed by atoms with Crippen molar-refractivity contribution < 1.29 is 20.1 Å². The normalized spacial score (nSPS) is 24.6. The summed E-state index contributed by atoms with van der Waals surface area (Å²) in [6.07, 6.45) is -2.80. The number of nitrogen functional groups attached to an aromatic ring is 1. The van der Waals surface area contributed by atoms with Gasteiger partial charge in [0.25, 0.3) is 0 Å². The Balaban J connectivity index is 1.76. The highest BCUT2D eigenvalue weighted by molar-refractivity contribution is 6.36. The second kappa shape index (κ2) is 8.79. The van der Waals surface area contributed by atoms with Gasteiger partial charge in [-0.05, 0) is 50.9 Å². The summed E-state index contributed by atoms with van der Waals surface area (Å²) in [4.78, 5) is 4.01. The van der Waals surface area contributed by atoms with Gasteiger partial charge in [-0.1, -0.05) is 23.2 Å². The van der Waals surface area contributed by atoms with E-state index in [-0.39, 0.29) is 29.7 Å². The highest BCUT2D eigenvalue weighted by atomic mass is 35.5. The van der Waals surface area contributed by atoms with Crippen molar-refractivity contribution in [1.82, 2.24) is 20.1 Å². The van der Waals surface area contributed by atoms with Crippen LogP contribution in [0, 0.1) is 5.82 Å². The van der Waals surface area contributed by atoms with Crippen molar-refractivity contribution in [3.63, 3.8) is 0 Å². The highest BCUT2D eigenvalue weighted by Gasteiger charge is 2.21. The smallest absolute Gasteiger partial charge is 0.166 e. The van der Waals surface area contributed by atoms with Crippen molar-refractivity contribution in [3.05, 3.63) is 58.2 Å². The summed E-state index contributed by atoms with van der Waals surface area (Å²) in [5.41, 5.74) is 5.96. The zero-order valence-corrected chi connectivity index (χ0v) is 16.9. The van der Waals surface area contributed by atoms with Crippen LogP contribution in [0.2, 0.25) is 10.0 Å². The molecule has 0 bridgehead atoms.